The number of halogens is 2. The van der Waals surface area contributed by atoms with Gasteiger partial charge >= 0.3 is 0 Å². The Bertz CT molecular complexity index is 93.5. The van der Waals surface area contributed by atoms with E-state index < -0.39 is 5.92 Å². The van der Waals surface area contributed by atoms with Crippen molar-refractivity contribution >= 4 is 0 Å². The van der Waals surface area contributed by atoms with Crippen molar-refractivity contribution in [1.29, 1.82) is 0 Å². The second-order valence-corrected chi connectivity index (χ2v) is 1.84. The van der Waals surface area contributed by atoms with Crippen LogP contribution < -0.4 is 0 Å². The highest BCUT2D eigenvalue weighted by atomic mass is 19.3. The molecule has 9 heavy (non-hydrogen) atoms. The van der Waals surface area contributed by atoms with Crippen molar-refractivity contribution in [2.75, 3.05) is 0 Å². The Hall–Kier alpha value is -0.660. The molecule has 0 aromatic rings. The van der Waals surface area contributed by atoms with Crippen molar-refractivity contribution in [2.24, 2.45) is 0 Å². The first-order valence-electron chi connectivity index (χ1n) is 2.72. The first-order valence-corrected chi connectivity index (χ1v) is 2.72. The molecule has 0 aliphatic rings. The third-order valence-corrected chi connectivity index (χ3v) is 0.886. The molecule has 0 aromatic heterocycles. The van der Waals surface area contributed by atoms with E-state index in [0.717, 1.165) is 0 Å². The fourth-order valence-electron chi connectivity index (χ4n) is 0.506. The van der Waals surface area contributed by atoms with E-state index >= 15 is 0 Å². The number of rotatable bonds is 4. The fourth-order valence-corrected chi connectivity index (χ4v) is 0.506. The molecule has 0 fully saturated rings. The molecule has 0 saturated carbocycles. The van der Waals surface area contributed by atoms with E-state index in [0.29, 0.717) is 0 Å². The summed E-state index contributed by atoms with van der Waals surface area (Å²) in [5, 5.41) is 0. The molecule has 0 aliphatic carbocycles. The van der Waals surface area contributed by atoms with Gasteiger partial charge in [-0.1, -0.05) is 12.2 Å². The maximum Gasteiger partial charge on any atom is 0.254 e. The Morgan fingerprint density at radius 2 is 1.44 bits per heavy atom. The van der Waals surface area contributed by atoms with Gasteiger partial charge in [0, 0.05) is 12.8 Å². The summed E-state index contributed by atoms with van der Waals surface area (Å²) >= 11 is 0. The predicted molar refractivity (Wildman–Crippen MR) is 34.6 cm³/mol. The molecule has 0 aliphatic heterocycles. The van der Waals surface area contributed by atoms with Crippen LogP contribution in [0.1, 0.15) is 12.8 Å². The lowest BCUT2D eigenvalue weighted by Gasteiger charge is -2.09. The van der Waals surface area contributed by atoms with Crippen molar-refractivity contribution in [3.05, 3.63) is 25.3 Å². The predicted octanol–water partition coefficient (Wildman–Crippen LogP) is 2.77. The monoisotopic (exact) mass is 132 g/mol. The average molecular weight is 132 g/mol. The lowest BCUT2D eigenvalue weighted by molar-refractivity contribution is 0.00788. The Balaban J connectivity index is 3.68. The summed E-state index contributed by atoms with van der Waals surface area (Å²) < 4.78 is 24.6. The van der Waals surface area contributed by atoms with Gasteiger partial charge in [0.25, 0.3) is 5.92 Å². The van der Waals surface area contributed by atoms with Crippen LogP contribution in [0.25, 0.3) is 0 Å². The molecule has 0 nitrogen and oxygen atoms in total. The summed E-state index contributed by atoms with van der Waals surface area (Å²) in [6.07, 6.45) is 1.89. The van der Waals surface area contributed by atoms with Crippen molar-refractivity contribution in [1.82, 2.24) is 0 Å². The zero-order valence-electron chi connectivity index (χ0n) is 5.24. The van der Waals surface area contributed by atoms with Crippen molar-refractivity contribution < 1.29 is 8.78 Å². The molecule has 0 bridgehead atoms. The highest BCUT2D eigenvalue weighted by Crippen LogP contribution is 2.22. The topological polar surface area (TPSA) is 0 Å². The smallest absolute Gasteiger partial charge is 0.206 e. The maximum absolute atomic E-state index is 12.3. The molecule has 0 radical (unpaired) electrons. The van der Waals surface area contributed by atoms with Crippen LogP contribution in [-0.2, 0) is 0 Å². The van der Waals surface area contributed by atoms with Crippen molar-refractivity contribution in [2.45, 2.75) is 18.8 Å². The Morgan fingerprint density at radius 3 is 1.67 bits per heavy atom. The lowest BCUT2D eigenvalue weighted by Crippen LogP contribution is -2.12. The molecule has 0 saturated heterocycles. The van der Waals surface area contributed by atoms with Gasteiger partial charge in [-0.2, -0.15) is 0 Å². The van der Waals surface area contributed by atoms with Gasteiger partial charge in [-0.3, -0.25) is 0 Å². The lowest BCUT2D eigenvalue weighted by atomic mass is 10.2. The summed E-state index contributed by atoms with van der Waals surface area (Å²) in [7, 11) is 0. The van der Waals surface area contributed by atoms with Crippen LogP contribution in [-0.4, -0.2) is 5.92 Å². The summed E-state index contributed by atoms with van der Waals surface area (Å²) in [5.74, 6) is -2.64. The highest BCUT2D eigenvalue weighted by molar-refractivity contribution is 4.84. The van der Waals surface area contributed by atoms with E-state index in [4.69, 9.17) is 0 Å². The summed E-state index contributed by atoms with van der Waals surface area (Å²) in [6, 6.07) is 0. The Labute approximate surface area is 53.9 Å². The van der Waals surface area contributed by atoms with Gasteiger partial charge < -0.3 is 0 Å². The van der Waals surface area contributed by atoms with Crippen LogP contribution >= 0.6 is 0 Å². The van der Waals surface area contributed by atoms with Gasteiger partial charge in [-0.15, -0.1) is 13.2 Å². The molecule has 0 N–H and O–H groups in total. The number of alkyl halides is 2. The molecule has 0 rings (SSSR count). The average Bonchev–Trinajstić information content (AvgIpc) is 1.64. The second-order valence-electron chi connectivity index (χ2n) is 1.84. The SMILES string of the molecule is C=CCC(F)(F)CC=C. The molecular formula is C7H10F2. The van der Waals surface area contributed by atoms with Gasteiger partial charge in [0.1, 0.15) is 0 Å². The minimum atomic E-state index is -2.64. The summed E-state index contributed by atoms with van der Waals surface area (Å²) in [4.78, 5) is 0. The van der Waals surface area contributed by atoms with Crippen LogP contribution in [0.4, 0.5) is 8.78 Å². The standard InChI is InChI=1S/C7H10F2/c1-3-5-7(8,9)6-4-2/h3-4H,1-2,5-6H2. The van der Waals surface area contributed by atoms with Crippen LogP contribution in [0.15, 0.2) is 25.3 Å². The molecule has 0 aromatic carbocycles. The zero-order valence-corrected chi connectivity index (χ0v) is 5.24. The minimum Gasteiger partial charge on any atom is -0.206 e. The molecule has 0 unspecified atom stereocenters. The number of allylic oxidation sites excluding steroid dienone is 2. The Morgan fingerprint density at radius 1 is 1.11 bits per heavy atom. The number of hydrogen-bond acceptors (Lipinski definition) is 0. The third-order valence-electron chi connectivity index (χ3n) is 0.886. The van der Waals surface area contributed by atoms with Gasteiger partial charge in [0.15, 0.2) is 0 Å². The second kappa shape index (κ2) is 3.38. The van der Waals surface area contributed by atoms with Gasteiger partial charge in [0.2, 0.25) is 0 Å². The molecule has 0 spiro atoms. The minimum absolute atomic E-state index is 0.265. The maximum atomic E-state index is 12.3. The van der Waals surface area contributed by atoms with Crippen molar-refractivity contribution in [3.8, 4) is 0 Å². The van der Waals surface area contributed by atoms with Gasteiger partial charge in [-0.05, 0) is 0 Å². The summed E-state index contributed by atoms with van der Waals surface area (Å²) in [6.45, 7) is 6.43. The quantitative estimate of drug-likeness (QED) is 0.516. The van der Waals surface area contributed by atoms with Gasteiger partial charge in [-0.25, -0.2) is 8.78 Å². The molecule has 2 heteroatoms. The van der Waals surface area contributed by atoms with E-state index in [2.05, 4.69) is 13.2 Å². The van der Waals surface area contributed by atoms with E-state index in [9.17, 15) is 8.78 Å². The Kier molecular flexibility index (Phi) is 3.13. The van der Waals surface area contributed by atoms with Gasteiger partial charge in [0.05, 0.1) is 0 Å². The first-order chi connectivity index (χ1) is 4.12. The molecule has 0 heterocycles. The van der Waals surface area contributed by atoms with Crippen LogP contribution in [0.2, 0.25) is 0 Å². The normalized spacial score (nSPS) is 10.9. The van der Waals surface area contributed by atoms with Crippen LogP contribution in [0.5, 0.6) is 0 Å². The van der Waals surface area contributed by atoms with Crippen LogP contribution in [0.3, 0.4) is 0 Å². The van der Waals surface area contributed by atoms with E-state index in [1.807, 2.05) is 0 Å². The van der Waals surface area contributed by atoms with E-state index in [-0.39, 0.29) is 12.8 Å². The number of hydrogen-bond donors (Lipinski definition) is 0. The largest absolute Gasteiger partial charge is 0.254 e. The van der Waals surface area contributed by atoms with Crippen molar-refractivity contribution in [3.63, 3.8) is 0 Å². The third kappa shape index (κ3) is 3.88. The first kappa shape index (κ1) is 8.34. The highest BCUT2D eigenvalue weighted by Gasteiger charge is 2.24. The molecular weight excluding hydrogens is 122 g/mol. The molecule has 52 valence electrons. The summed E-state index contributed by atoms with van der Waals surface area (Å²) in [5.41, 5.74) is 0. The van der Waals surface area contributed by atoms with Crippen LogP contribution in [0, 0.1) is 0 Å². The molecule has 0 atom stereocenters. The van der Waals surface area contributed by atoms with E-state index in [1.165, 1.54) is 12.2 Å². The zero-order chi connectivity index (χ0) is 7.33. The molecule has 0 amide bonds. The fraction of sp³-hybridized carbons (Fsp3) is 0.429. The van der Waals surface area contributed by atoms with E-state index in [1.54, 1.807) is 0 Å².